The number of sulfonamides is 1. The predicted octanol–water partition coefficient (Wildman–Crippen LogP) is 3.34. The number of hydrogen-bond acceptors (Lipinski definition) is 5. The highest BCUT2D eigenvalue weighted by atomic mass is 32.2. The summed E-state index contributed by atoms with van der Waals surface area (Å²) in [4.78, 5) is 29.9. The number of carbonyl (C=O) groups is 2. The fourth-order valence-corrected chi connectivity index (χ4v) is 6.66. The van der Waals surface area contributed by atoms with Crippen LogP contribution in [0.5, 0.6) is 0 Å². The van der Waals surface area contributed by atoms with Gasteiger partial charge in [-0.15, -0.1) is 0 Å². The molecule has 3 N–H and O–H groups in total. The van der Waals surface area contributed by atoms with Gasteiger partial charge in [0.1, 0.15) is 17.6 Å². The fraction of sp³-hybridized carbons (Fsp3) is 0.296. The molecule has 2 bridgehead atoms. The van der Waals surface area contributed by atoms with E-state index in [1.165, 1.54) is 18.2 Å². The van der Waals surface area contributed by atoms with E-state index in [1.54, 1.807) is 13.0 Å². The molecule has 192 valence electrons. The van der Waals surface area contributed by atoms with Crippen LogP contribution in [0.15, 0.2) is 71.8 Å². The molecule has 2 aromatic carbocycles. The third kappa shape index (κ3) is 5.40. The van der Waals surface area contributed by atoms with Gasteiger partial charge in [0.25, 0.3) is 5.91 Å². The molecule has 0 spiro atoms. The summed E-state index contributed by atoms with van der Waals surface area (Å²) >= 11 is 0. The molecule has 1 heterocycles. The van der Waals surface area contributed by atoms with E-state index < -0.39 is 33.7 Å². The number of halogens is 1. The van der Waals surface area contributed by atoms with Crippen molar-refractivity contribution in [2.75, 3.05) is 5.32 Å². The minimum absolute atomic E-state index is 0.0196. The van der Waals surface area contributed by atoms with Crippen LogP contribution in [0.1, 0.15) is 40.9 Å². The Bertz CT molecular complexity index is 1430. The van der Waals surface area contributed by atoms with E-state index in [1.807, 2.05) is 30.3 Å². The highest BCUT2D eigenvalue weighted by Gasteiger charge is 2.58. The molecular weight excluding hydrogens is 495 g/mol. The highest BCUT2D eigenvalue weighted by Crippen LogP contribution is 2.57. The van der Waals surface area contributed by atoms with E-state index in [2.05, 4.69) is 20.3 Å². The Morgan fingerprint density at radius 3 is 2.41 bits per heavy atom. The summed E-state index contributed by atoms with van der Waals surface area (Å²) in [6.07, 6.45) is 3.81. The molecular formula is C27H27FN4O4S. The number of anilines is 1. The van der Waals surface area contributed by atoms with Gasteiger partial charge in [0.05, 0.1) is 11.1 Å². The van der Waals surface area contributed by atoms with E-state index in [4.69, 9.17) is 0 Å². The topological polar surface area (TPSA) is 117 Å². The van der Waals surface area contributed by atoms with Gasteiger partial charge in [-0.25, -0.2) is 22.5 Å². The lowest BCUT2D eigenvalue weighted by molar-refractivity contribution is -0.118. The Morgan fingerprint density at radius 1 is 1.08 bits per heavy atom. The van der Waals surface area contributed by atoms with Gasteiger partial charge >= 0.3 is 0 Å². The summed E-state index contributed by atoms with van der Waals surface area (Å²) in [5, 5.41) is 5.45. The maximum absolute atomic E-state index is 13.2. The molecule has 1 aromatic heterocycles. The molecule has 0 saturated heterocycles. The number of benzene rings is 2. The van der Waals surface area contributed by atoms with Crippen LogP contribution in [0.4, 0.5) is 10.1 Å². The highest BCUT2D eigenvalue weighted by molar-refractivity contribution is 7.89. The van der Waals surface area contributed by atoms with E-state index in [9.17, 15) is 22.4 Å². The van der Waals surface area contributed by atoms with Crippen LogP contribution in [0.2, 0.25) is 0 Å². The van der Waals surface area contributed by atoms with E-state index in [0.717, 1.165) is 37.1 Å². The number of nitrogens with one attached hydrogen (secondary N) is 3. The zero-order valence-corrected chi connectivity index (χ0v) is 21.0. The predicted molar refractivity (Wildman–Crippen MR) is 136 cm³/mol. The maximum Gasteiger partial charge on any atom is 0.270 e. The molecule has 37 heavy (non-hydrogen) atoms. The van der Waals surface area contributed by atoms with Crippen LogP contribution in [-0.4, -0.2) is 36.8 Å². The van der Waals surface area contributed by atoms with Gasteiger partial charge in [0.2, 0.25) is 15.9 Å². The van der Waals surface area contributed by atoms with Crippen molar-refractivity contribution in [3.8, 4) is 0 Å². The summed E-state index contributed by atoms with van der Waals surface area (Å²) in [5.74, 6) is -1.03. The summed E-state index contributed by atoms with van der Waals surface area (Å²) in [6, 6.07) is 15.2. The lowest BCUT2D eigenvalue weighted by atomic mass is 9.50. The lowest BCUT2D eigenvalue weighted by Crippen LogP contribution is -2.67. The average molecular weight is 523 g/mol. The average Bonchev–Trinajstić information content (AvgIpc) is 2.81. The van der Waals surface area contributed by atoms with Crippen LogP contribution in [0.3, 0.4) is 0 Å². The molecule has 6 rings (SSSR count). The van der Waals surface area contributed by atoms with Crippen LogP contribution in [0.25, 0.3) is 0 Å². The van der Waals surface area contributed by atoms with Gasteiger partial charge < -0.3 is 10.6 Å². The summed E-state index contributed by atoms with van der Waals surface area (Å²) < 4.78 is 41.9. The van der Waals surface area contributed by atoms with Crippen molar-refractivity contribution >= 4 is 27.5 Å². The molecule has 0 radical (unpaired) electrons. The van der Waals surface area contributed by atoms with Gasteiger partial charge in [-0.2, -0.15) is 0 Å². The zero-order valence-electron chi connectivity index (χ0n) is 20.2. The number of amides is 2. The van der Waals surface area contributed by atoms with Crippen LogP contribution in [0, 0.1) is 18.7 Å². The fourth-order valence-electron chi connectivity index (χ4n) is 5.00. The second kappa shape index (κ2) is 9.68. The van der Waals surface area contributed by atoms with E-state index in [0.29, 0.717) is 17.2 Å². The Hall–Kier alpha value is -3.63. The van der Waals surface area contributed by atoms with Gasteiger partial charge in [-0.05, 0) is 73.6 Å². The largest absolute Gasteiger partial charge is 0.339 e. The minimum Gasteiger partial charge on any atom is -0.339 e. The Morgan fingerprint density at radius 2 is 1.81 bits per heavy atom. The zero-order chi connectivity index (χ0) is 26.2. The molecule has 3 fully saturated rings. The normalized spacial score (nSPS) is 20.8. The molecule has 3 aliphatic carbocycles. The molecule has 8 nitrogen and oxygen atoms in total. The number of hydrogen-bond donors (Lipinski definition) is 3. The SMILES string of the molecule is Cc1cc(NC(=O)[C@H](Cc2ccccc2)NC(=O)c2ccc(F)cn2)ccc1S(=O)(=O)NC12CC(C1)C2. The van der Waals surface area contributed by atoms with Crippen molar-refractivity contribution in [2.24, 2.45) is 5.92 Å². The van der Waals surface area contributed by atoms with Crippen LogP contribution < -0.4 is 15.4 Å². The van der Waals surface area contributed by atoms with Crippen molar-refractivity contribution in [1.29, 1.82) is 0 Å². The second-order valence-electron chi connectivity index (χ2n) is 9.91. The van der Waals surface area contributed by atoms with Crippen molar-refractivity contribution in [2.45, 2.75) is 49.1 Å². The van der Waals surface area contributed by atoms with Crippen molar-refractivity contribution in [3.05, 3.63) is 89.5 Å². The van der Waals surface area contributed by atoms with Gasteiger partial charge in [-0.3, -0.25) is 9.59 Å². The molecule has 10 heteroatoms. The molecule has 0 unspecified atom stereocenters. The second-order valence-corrected chi connectivity index (χ2v) is 11.6. The van der Waals surface area contributed by atoms with Crippen molar-refractivity contribution < 1.29 is 22.4 Å². The van der Waals surface area contributed by atoms with Crippen LogP contribution in [-0.2, 0) is 21.2 Å². The summed E-state index contributed by atoms with van der Waals surface area (Å²) in [6.45, 7) is 1.68. The summed E-state index contributed by atoms with van der Waals surface area (Å²) in [7, 11) is -3.68. The number of aryl methyl sites for hydroxylation is 1. The molecule has 3 aliphatic rings. The number of aromatic nitrogens is 1. The first-order valence-electron chi connectivity index (χ1n) is 12.0. The smallest absolute Gasteiger partial charge is 0.270 e. The standard InChI is InChI=1S/C27H27FN4O4S/c1-17-11-21(8-10-24(17)37(35,36)32-27-13-19(14-27)15-27)30-26(34)23(12-18-5-3-2-4-6-18)31-25(33)22-9-7-20(28)16-29-22/h2-11,16,19,23,32H,12-15H2,1H3,(H,30,34)(H,31,33)/t19?,23-,27?/m0/s1. The third-order valence-corrected chi connectivity index (χ3v) is 8.72. The van der Waals surface area contributed by atoms with E-state index >= 15 is 0 Å². The Labute approximate surface area is 214 Å². The molecule has 2 amide bonds. The van der Waals surface area contributed by atoms with Crippen molar-refractivity contribution in [1.82, 2.24) is 15.0 Å². The first-order valence-corrected chi connectivity index (χ1v) is 13.5. The van der Waals surface area contributed by atoms with Gasteiger partial charge in [0.15, 0.2) is 0 Å². The van der Waals surface area contributed by atoms with E-state index in [-0.39, 0.29) is 22.5 Å². The first kappa shape index (κ1) is 25.0. The number of rotatable bonds is 9. The number of nitrogens with zero attached hydrogens (tertiary/aromatic N) is 1. The molecule has 0 aliphatic heterocycles. The van der Waals surface area contributed by atoms with Gasteiger partial charge in [-0.1, -0.05) is 30.3 Å². The van der Waals surface area contributed by atoms with Crippen molar-refractivity contribution in [3.63, 3.8) is 0 Å². The van der Waals surface area contributed by atoms with Gasteiger partial charge in [0, 0.05) is 17.6 Å². The summed E-state index contributed by atoms with van der Waals surface area (Å²) in [5.41, 5.74) is 1.42. The molecule has 1 atom stereocenters. The van der Waals surface area contributed by atoms with Crippen LogP contribution >= 0.6 is 0 Å². The molecule has 3 saturated carbocycles. The number of carbonyl (C=O) groups excluding carboxylic acids is 2. The maximum atomic E-state index is 13.2. The Kier molecular flexibility index (Phi) is 6.55. The quantitative estimate of drug-likeness (QED) is 0.399. The monoisotopic (exact) mass is 522 g/mol. The number of pyridine rings is 1. The first-order chi connectivity index (χ1) is 17.6. The lowest BCUT2D eigenvalue weighted by Gasteiger charge is -2.61. The minimum atomic E-state index is -3.68. The third-order valence-electron chi connectivity index (χ3n) is 6.99. The molecule has 3 aromatic rings. The Balaban J connectivity index is 1.31.